The normalized spacial score (nSPS) is 63.9. The Kier molecular flexibility index (Phi) is 0.898. The first kappa shape index (κ1) is 5.62. The van der Waals surface area contributed by atoms with Crippen molar-refractivity contribution in [2.45, 2.75) is 32.6 Å². The van der Waals surface area contributed by atoms with Crippen molar-refractivity contribution in [1.29, 1.82) is 0 Å². The third-order valence-corrected chi connectivity index (χ3v) is 4.51. The predicted molar refractivity (Wildman–Crippen MR) is 41.6 cm³/mol. The maximum atomic E-state index is 2.50. The van der Waals surface area contributed by atoms with Gasteiger partial charge in [0.2, 0.25) is 0 Å². The molecular weight excluding hydrogens is 120 g/mol. The minimum Gasteiger partial charge on any atom is -0.0620 e. The van der Waals surface area contributed by atoms with E-state index in [4.69, 9.17) is 0 Å². The van der Waals surface area contributed by atoms with Crippen LogP contribution in [-0.4, -0.2) is 0 Å². The van der Waals surface area contributed by atoms with Gasteiger partial charge in [0, 0.05) is 0 Å². The van der Waals surface area contributed by atoms with Gasteiger partial charge in [0.05, 0.1) is 0 Å². The quantitative estimate of drug-likeness (QED) is 0.480. The molecule has 4 saturated carbocycles. The van der Waals surface area contributed by atoms with Crippen molar-refractivity contribution in [1.82, 2.24) is 0 Å². The zero-order valence-electron chi connectivity index (χ0n) is 6.72. The molecule has 4 rings (SSSR count). The van der Waals surface area contributed by atoms with Crippen LogP contribution in [0.15, 0.2) is 0 Å². The molecule has 0 heterocycles. The molecule has 0 aromatic heterocycles. The van der Waals surface area contributed by atoms with Crippen LogP contribution < -0.4 is 0 Å². The predicted octanol–water partition coefficient (Wildman–Crippen LogP) is 2.69. The molecule has 10 heavy (non-hydrogen) atoms. The molecule has 0 saturated heterocycles. The van der Waals surface area contributed by atoms with E-state index < -0.39 is 0 Å². The fourth-order valence-electron chi connectivity index (χ4n) is 4.08. The van der Waals surface area contributed by atoms with Gasteiger partial charge in [-0.25, -0.2) is 0 Å². The summed E-state index contributed by atoms with van der Waals surface area (Å²) in [5, 5.41) is 0. The molecule has 56 valence electrons. The molecule has 4 bridgehead atoms. The molecule has 0 N–H and O–H groups in total. The van der Waals surface area contributed by atoms with Crippen LogP contribution in [0, 0.1) is 29.6 Å². The average molecular weight is 136 g/mol. The van der Waals surface area contributed by atoms with Crippen LogP contribution in [0.4, 0.5) is 0 Å². The Hall–Kier alpha value is 0. The lowest BCUT2D eigenvalue weighted by molar-refractivity contribution is 0.211. The maximum absolute atomic E-state index is 2.50. The molecule has 0 aromatic carbocycles. The molecule has 0 nitrogen and oxygen atoms in total. The second-order valence-electron chi connectivity index (χ2n) is 4.85. The van der Waals surface area contributed by atoms with Gasteiger partial charge >= 0.3 is 0 Å². The lowest BCUT2D eigenvalue weighted by Crippen LogP contribution is -2.20. The van der Waals surface area contributed by atoms with E-state index in [0.29, 0.717) is 0 Å². The van der Waals surface area contributed by atoms with Gasteiger partial charge in [-0.1, -0.05) is 6.92 Å². The van der Waals surface area contributed by atoms with Crippen LogP contribution >= 0.6 is 0 Å². The molecule has 0 aliphatic heterocycles. The Labute approximate surface area is 63.0 Å². The Morgan fingerprint density at radius 1 is 0.900 bits per heavy atom. The first-order chi connectivity index (χ1) is 4.84. The molecular formula is C10H16. The summed E-state index contributed by atoms with van der Waals surface area (Å²) in [6, 6.07) is 0. The number of hydrogen-bond acceptors (Lipinski definition) is 0. The lowest BCUT2D eigenvalue weighted by Gasteiger charge is -2.29. The van der Waals surface area contributed by atoms with E-state index in [1.54, 1.807) is 25.7 Å². The average Bonchev–Trinajstić information content (AvgIpc) is 2.31. The van der Waals surface area contributed by atoms with E-state index in [0.717, 1.165) is 11.8 Å². The summed E-state index contributed by atoms with van der Waals surface area (Å²) in [5.41, 5.74) is 0. The third kappa shape index (κ3) is 0.500. The Balaban J connectivity index is 1.99. The summed E-state index contributed by atoms with van der Waals surface area (Å²) in [6.45, 7) is 2.50. The maximum Gasteiger partial charge on any atom is -0.0355 e. The molecule has 0 heteroatoms. The fraction of sp³-hybridized carbons (Fsp3) is 1.00. The second kappa shape index (κ2) is 1.60. The van der Waals surface area contributed by atoms with Crippen LogP contribution in [0.25, 0.3) is 0 Å². The summed E-state index contributed by atoms with van der Waals surface area (Å²) in [6.07, 6.45) is 6.39. The van der Waals surface area contributed by atoms with Crippen molar-refractivity contribution in [3.05, 3.63) is 0 Å². The van der Waals surface area contributed by atoms with Crippen LogP contribution in [0.1, 0.15) is 32.6 Å². The van der Waals surface area contributed by atoms with Crippen LogP contribution in [0.3, 0.4) is 0 Å². The summed E-state index contributed by atoms with van der Waals surface area (Å²) < 4.78 is 0. The standard InChI is InChI=1S/C10H16/c1-6-8-2-7-3-9(5-8)10(6)4-7/h6-10H,2-5H2,1H3/t6-,7?,8?,9?,10?/m0/s1. The zero-order valence-corrected chi connectivity index (χ0v) is 6.72. The number of rotatable bonds is 0. The highest BCUT2D eigenvalue weighted by molar-refractivity contribution is 5.01. The number of hydrogen-bond donors (Lipinski definition) is 0. The van der Waals surface area contributed by atoms with Gasteiger partial charge in [-0.2, -0.15) is 0 Å². The highest BCUT2D eigenvalue weighted by atomic mass is 14.6. The van der Waals surface area contributed by atoms with E-state index in [1.807, 2.05) is 0 Å². The van der Waals surface area contributed by atoms with E-state index >= 15 is 0 Å². The summed E-state index contributed by atoms with van der Waals surface area (Å²) in [7, 11) is 0. The zero-order chi connectivity index (χ0) is 6.72. The Morgan fingerprint density at radius 3 is 2.40 bits per heavy atom. The molecule has 0 spiro atoms. The van der Waals surface area contributed by atoms with Gasteiger partial charge in [0.15, 0.2) is 0 Å². The van der Waals surface area contributed by atoms with Gasteiger partial charge in [-0.3, -0.25) is 0 Å². The van der Waals surface area contributed by atoms with E-state index in [-0.39, 0.29) is 0 Å². The molecule has 4 aliphatic rings. The summed E-state index contributed by atoms with van der Waals surface area (Å²) in [5.74, 6) is 5.78. The van der Waals surface area contributed by atoms with Crippen LogP contribution in [0.2, 0.25) is 0 Å². The van der Waals surface area contributed by atoms with Crippen molar-refractivity contribution in [2.75, 3.05) is 0 Å². The van der Waals surface area contributed by atoms with E-state index in [1.165, 1.54) is 17.8 Å². The summed E-state index contributed by atoms with van der Waals surface area (Å²) >= 11 is 0. The van der Waals surface area contributed by atoms with Gasteiger partial charge in [0.25, 0.3) is 0 Å². The molecule has 0 aromatic rings. The highest BCUT2D eigenvalue weighted by Crippen LogP contribution is 2.60. The Morgan fingerprint density at radius 2 is 1.70 bits per heavy atom. The second-order valence-corrected chi connectivity index (χ2v) is 4.85. The minimum absolute atomic E-state index is 1.10. The molecule has 0 amide bonds. The lowest BCUT2D eigenvalue weighted by atomic mass is 9.76. The third-order valence-electron chi connectivity index (χ3n) is 4.51. The van der Waals surface area contributed by atoms with E-state index in [9.17, 15) is 0 Å². The minimum atomic E-state index is 1.10. The van der Waals surface area contributed by atoms with Crippen molar-refractivity contribution < 1.29 is 0 Å². The van der Waals surface area contributed by atoms with Gasteiger partial charge in [0.1, 0.15) is 0 Å². The van der Waals surface area contributed by atoms with E-state index in [2.05, 4.69) is 6.92 Å². The van der Waals surface area contributed by atoms with Crippen molar-refractivity contribution >= 4 is 0 Å². The molecule has 5 atom stereocenters. The molecule has 4 aliphatic carbocycles. The van der Waals surface area contributed by atoms with Gasteiger partial charge in [-0.15, -0.1) is 0 Å². The highest BCUT2D eigenvalue weighted by Gasteiger charge is 2.51. The van der Waals surface area contributed by atoms with Crippen molar-refractivity contribution in [2.24, 2.45) is 29.6 Å². The van der Waals surface area contributed by atoms with Crippen molar-refractivity contribution in [3.63, 3.8) is 0 Å². The SMILES string of the molecule is C[C@H]1C2CC3CC(C2)C1C3. The van der Waals surface area contributed by atoms with Crippen LogP contribution in [-0.2, 0) is 0 Å². The smallest absolute Gasteiger partial charge is 0.0355 e. The fourth-order valence-corrected chi connectivity index (χ4v) is 4.08. The summed E-state index contributed by atoms with van der Waals surface area (Å²) in [4.78, 5) is 0. The molecule has 4 fully saturated rings. The first-order valence-electron chi connectivity index (χ1n) is 4.84. The van der Waals surface area contributed by atoms with Gasteiger partial charge < -0.3 is 0 Å². The van der Waals surface area contributed by atoms with Crippen molar-refractivity contribution in [3.8, 4) is 0 Å². The van der Waals surface area contributed by atoms with Crippen LogP contribution in [0.5, 0.6) is 0 Å². The Bertz CT molecular complexity index is 155. The topological polar surface area (TPSA) is 0 Å². The first-order valence-corrected chi connectivity index (χ1v) is 4.84. The largest absolute Gasteiger partial charge is 0.0620 e. The molecule has 4 unspecified atom stereocenters. The monoisotopic (exact) mass is 136 g/mol. The van der Waals surface area contributed by atoms with Gasteiger partial charge in [-0.05, 0) is 55.3 Å². The molecule has 0 radical (unpaired) electrons.